The number of anilines is 1. The molecule has 3 amide bonds. The van der Waals surface area contributed by atoms with Crippen LogP contribution in [-0.4, -0.2) is 25.5 Å². The molecule has 0 radical (unpaired) electrons. The van der Waals surface area contributed by atoms with Crippen LogP contribution in [-0.2, 0) is 4.79 Å². The van der Waals surface area contributed by atoms with Gasteiger partial charge in [0.1, 0.15) is 5.82 Å². The number of carbonyl (C=O) groups excluding carboxylic acids is 2. The Morgan fingerprint density at radius 1 is 1.25 bits per heavy atom. The maximum atomic E-state index is 12.5. The van der Waals surface area contributed by atoms with Crippen molar-refractivity contribution >= 4 is 17.6 Å². The van der Waals surface area contributed by atoms with E-state index in [0.717, 1.165) is 0 Å². The molecular weight excluding hydrogens is 213 g/mol. The van der Waals surface area contributed by atoms with Crippen molar-refractivity contribution in [3.05, 3.63) is 30.1 Å². The third-order valence-corrected chi connectivity index (χ3v) is 1.79. The summed E-state index contributed by atoms with van der Waals surface area (Å²) in [6, 6.07) is 4.79. The third kappa shape index (κ3) is 3.95. The summed E-state index contributed by atoms with van der Waals surface area (Å²) in [6.45, 7) is -0.108. The normalized spacial score (nSPS) is 9.38. The lowest BCUT2D eigenvalue weighted by atomic mass is 10.3. The molecule has 0 fully saturated rings. The average Bonchev–Trinajstić information content (AvgIpc) is 2.29. The number of hydrogen-bond donors (Lipinski definition) is 3. The van der Waals surface area contributed by atoms with E-state index in [2.05, 4.69) is 16.0 Å². The molecule has 1 aromatic rings. The fraction of sp³-hybridized carbons (Fsp3) is 0.200. The molecule has 86 valence electrons. The predicted octanol–water partition coefficient (Wildman–Crippen LogP) is 0.693. The van der Waals surface area contributed by atoms with Crippen LogP contribution in [0.5, 0.6) is 0 Å². The Labute approximate surface area is 92.0 Å². The maximum absolute atomic E-state index is 12.5. The fourth-order valence-corrected chi connectivity index (χ4v) is 0.957. The van der Waals surface area contributed by atoms with Gasteiger partial charge in [0.05, 0.1) is 6.54 Å². The van der Waals surface area contributed by atoms with E-state index >= 15 is 0 Å². The van der Waals surface area contributed by atoms with Crippen LogP contribution in [0.15, 0.2) is 24.3 Å². The molecule has 0 aliphatic carbocycles. The highest BCUT2D eigenvalue weighted by Crippen LogP contribution is 2.07. The number of halogens is 1. The second-order valence-corrected chi connectivity index (χ2v) is 2.99. The van der Waals surface area contributed by atoms with Crippen molar-refractivity contribution in [2.45, 2.75) is 0 Å². The van der Waals surface area contributed by atoms with Gasteiger partial charge in [0.2, 0.25) is 5.91 Å². The van der Waals surface area contributed by atoms with Crippen LogP contribution < -0.4 is 16.0 Å². The van der Waals surface area contributed by atoms with Crippen LogP contribution in [0.3, 0.4) is 0 Å². The van der Waals surface area contributed by atoms with Crippen molar-refractivity contribution in [2.24, 2.45) is 0 Å². The van der Waals surface area contributed by atoms with E-state index in [0.29, 0.717) is 5.69 Å². The van der Waals surface area contributed by atoms with Crippen molar-refractivity contribution in [1.29, 1.82) is 0 Å². The van der Waals surface area contributed by atoms with Crippen molar-refractivity contribution < 1.29 is 14.0 Å². The molecule has 5 nitrogen and oxygen atoms in total. The summed E-state index contributed by atoms with van der Waals surface area (Å²) in [4.78, 5) is 22.0. The minimum atomic E-state index is -0.518. The quantitative estimate of drug-likeness (QED) is 0.708. The molecule has 1 rings (SSSR count). The zero-order chi connectivity index (χ0) is 12.0. The minimum absolute atomic E-state index is 0.108. The van der Waals surface area contributed by atoms with Crippen LogP contribution in [0, 0.1) is 5.82 Å². The summed E-state index contributed by atoms with van der Waals surface area (Å²) in [6.07, 6.45) is 0. The number of hydrogen-bond acceptors (Lipinski definition) is 2. The second kappa shape index (κ2) is 5.69. The molecule has 6 heteroatoms. The smallest absolute Gasteiger partial charge is 0.319 e. The summed E-state index contributed by atoms with van der Waals surface area (Å²) in [7, 11) is 1.47. The molecule has 3 N–H and O–H groups in total. The van der Waals surface area contributed by atoms with E-state index in [1.54, 1.807) is 0 Å². The molecule has 1 aromatic carbocycles. The first kappa shape index (κ1) is 12.0. The van der Waals surface area contributed by atoms with Crippen molar-refractivity contribution in [1.82, 2.24) is 10.6 Å². The summed E-state index contributed by atoms with van der Waals surface area (Å²) < 4.78 is 12.5. The molecular formula is C10H12FN3O2. The largest absolute Gasteiger partial charge is 0.358 e. The highest BCUT2D eigenvalue weighted by molar-refractivity contribution is 5.92. The van der Waals surface area contributed by atoms with E-state index in [4.69, 9.17) is 0 Å². The monoisotopic (exact) mass is 225 g/mol. The molecule has 0 bridgehead atoms. The molecule has 0 spiro atoms. The highest BCUT2D eigenvalue weighted by atomic mass is 19.1. The Balaban J connectivity index is 2.40. The Bertz CT molecular complexity index is 378. The molecule has 0 unspecified atom stereocenters. The molecule has 16 heavy (non-hydrogen) atoms. The Kier molecular flexibility index (Phi) is 4.26. The lowest BCUT2D eigenvalue weighted by molar-refractivity contribution is -0.119. The number of carbonyl (C=O) groups is 2. The summed E-state index contributed by atoms with van der Waals surface area (Å²) >= 11 is 0. The van der Waals surface area contributed by atoms with Gasteiger partial charge in [-0.25, -0.2) is 9.18 Å². The first-order valence-electron chi connectivity index (χ1n) is 4.63. The topological polar surface area (TPSA) is 70.2 Å². The van der Waals surface area contributed by atoms with Crippen molar-refractivity contribution in [3.63, 3.8) is 0 Å². The summed E-state index contributed by atoms with van der Waals surface area (Å²) in [5, 5.41) is 7.15. The SMILES string of the molecule is CNC(=O)CNC(=O)Nc1ccc(F)cc1. The van der Waals surface area contributed by atoms with Crippen molar-refractivity contribution in [2.75, 3.05) is 18.9 Å². The van der Waals surface area contributed by atoms with Crippen LogP contribution in [0.1, 0.15) is 0 Å². The third-order valence-electron chi connectivity index (χ3n) is 1.79. The fourth-order valence-electron chi connectivity index (χ4n) is 0.957. The van der Waals surface area contributed by atoms with Gasteiger partial charge >= 0.3 is 6.03 Å². The van der Waals surface area contributed by atoms with Gasteiger partial charge in [-0.2, -0.15) is 0 Å². The van der Waals surface area contributed by atoms with Crippen LogP contribution in [0.4, 0.5) is 14.9 Å². The highest BCUT2D eigenvalue weighted by Gasteiger charge is 2.03. The maximum Gasteiger partial charge on any atom is 0.319 e. The summed E-state index contributed by atoms with van der Waals surface area (Å²) in [5.74, 6) is -0.675. The van der Waals surface area contributed by atoms with Gasteiger partial charge in [0, 0.05) is 12.7 Å². The molecule has 0 aliphatic heterocycles. The second-order valence-electron chi connectivity index (χ2n) is 2.99. The van der Waals surface area contributed by atoms with Crippen LogP contribution in [0.25, 0.3) is 0 Å². The lowest BCUT2D eigenvalue weighted by Crippen LogP contribution is -2.37. The van der Waals surface area contributed by atoms with E-state index in [-0.39, 0.29) is 18.3 Å². The molecule has 0 saturated heterocycles. The standard InChI is InChI=1S/C10H12FN3O2/c1-12-9(15)6-13-10(16)14-8-4-2-7(11)3-5-8/h2-5H,6H2,1H3,(H,12,15)(H2,13,14,16). The molecule has 0 heterocycles. The minimum Gasteiger partial charge on any atom is -0.358 e. The summed E-state index contributed by atoms with van der Waals surface area (Å²) in [5.41, 5.74) is 0.454. The number of nitrogens with one attached hydrogen (secondary N) is 3. The Hall–Kier alpha value is -2.11. The number of amides is 3. The van der Waals surface area contributed by atoms with Gasteiger partial charge in [-0.05, 0) is 24.3 Å². The molecule has 0 atom stereocenters. The average molecular weight is 225 g/mol. The number of urea groups is 1. The Morgan fingerprint density at radius 2 is 1.88 bits per heavy atom. The van der Waals surface area contributed by atoms with Crippen LogP contribution in [0.2, 0.25) is 0 Å². The lowest BCUT2D eigenvalue weighted by Gasteiger charge is -2.06. The van der Waals surface area contributed by atoms with Gasteiger partial charge in [0.25, 0.3) is 0 Å². The predicted molar refractivity (Wildman–Crippen MR) is 57.5 cm³/mol. The molecule has 0 aromatic heterocycles. The van der Waals surface area contributed by atoms with E-state index < -0.39 is 6.03 Å². The molecule has 0 saturated carbocycles. The van der Waals surface area contributed by atoms with Gasteiger partial charge in [-0.15, -0.1) is 0 Å². The zero-order valence-electron chi connectivity index (χ0n) is 8.71. The van der Waals surface area contributed by atoms with E-state index in [1.165, 1.54) is 31.3 Å². The molecule has 0 aliphatic rings. The first-order chi connectivity index (χ1) is 7.61. The number of likely N-dealkylation sites (N-methyl/N-ethyl adjacent to an activating group) is 1. The van der Waals surface area contributed by atoms with Gasteiger partial charge in [-0.3, -0.25) is 4.79 Å². The van der Waals surface area contributed by atoms with Gasteiger partial charge in [0.15, 0.2) is 0 Å². The number of benzene rings is 1. The number of rotatable bonds is 3. The van der Waals surface area contributed by atoms with Crippen LogP contribution >= 0.6 is 0 Å². The van der Waals surface area contributed by atoms with E-state index in [9.17, 15) is 14.0 Å². The van der Waals surface area contributed by atoms with Crippen molar-refractivity contribution in [3.8, 4) is 0 Å². The first-order valence-corrected chi connectivity index (χ1v) is 4.63. The van der Waals surface area contributed by atoms with E-state index in [1.807, 2.05) is 0 Å². The van der Waals surface area contributed by atoms with Gasteiger partial charge in [-0.1, -0.05) is 0 Å². The zero-order valence-corrected chi connectivity index (χ0v) is 8.71. The Morgan fingerprint density at radius 3 is 2.44 bits per heavy atom. The van der Waals surface area contributed by atoms with Gasteiger partial charge < -0.3 is 16.0 Å².